The molecule has 2 aliphatic carbocycles. The number of hydrogen-bond acceptors (Lipinski definition) is 1. The van der Waals surface area contributed by atoms with Gasteiger partial charge in [-0.3, -0.25) is 4.79 Å². The maximum atomic E-state index is 10.6. The first-order valence-electron chi connectivity index (χ1n) is 3.85. The molecule has 3 unspecified atom stereocenters. The molecule has 0 aromatic rings. The van der Waals surface area contributed by atoms with E-state index in [4.69, 9.17) is 5.11 Å². The van der Waals surface area contributed by atoms with E-state index >= 15 is 0 Å². The third-order valence-electron chi connectivity index (χ3n) is 2.79. The van der Waals surface area contributed by atoms with Crippen molar-refractivity contribution in [3.8, 4) is 0 Å². The number of aliphatic carboxylic acids is 1. The smallest absolute Gasteiger partial charge is 0.307 e. The molecule has 3 atom stereocenters. The summed E-state index contributed by atoms with van der Waals surface area (Å²) in [6.07, 6.45) is 5.53. The van der Waals surface area contributed by atoms with Crippen LogP contribution in [0.3, 0.4) is 0 Å². The standard InChI is InChI=1S/C8H11O2/c9-8(10)7-4-5-1-2-6(7)3-5/h4-7H,1-3H2,(H,9,10). The van der Waals surface area contributed by atoms with Crippen molar-refractivity contribution < 1.29 is 9.90 Å². The van der Waals surface area contributed by atoms with E-state index in [0.717, 1.165) is 12.8 Å². The van der Waals surface area contributed by atoms with Gasteiger partial charge in [-0.25, -0.2) is 0 Å². The van der Waals surface area contributed by atoms with Crippen molar-refractivity contribution in [2.24, 2.45) is 17.8 Å². The average molecular weight is 139 g/mol. The van der Waals surface area contributed by atoms with E-state index in [2.05, 4.69) is 0 Å². The van der Waals surface area contributed by atoms with Gasteiger partial charge in [-0.2, -0.15) is 0 Å². The topological polar surface area (TPSA) is 37.3 Å². The van der Waals surface area contributed by atoms with Crippen LogP contribution in [0.4, 0.5) is 0 Å². The molecular weight excluding hydrogens is 128 g/mol. The summed E-state index contributed by atoms with van der Waals surface area (Å²) in [6.45, 7) is 0. The second kappa shape index (κ2) is 1.97. The summed E-state index contributed by atoms with van der Waals surface area (Å²) >= 11 is 0. The van der Waals surface area contributed by atoms with Gasteiger partial charge in [0.2, 0.25) is 0 Å². The van der Waals surface area contributed by atoms with E-state index in [1.807, 2.05) is 6.42 Å². The SMILES string of the molecule is O=C(O)C1[CH]C2CCC1C2. The fraction of sp³-hybridized carbons (Fsp3) is 0.750. The first-order chi connectivity index (χ1) is 4.77. The van der Waals surface area contributed by atoms with Gasteiger partial charge in [-0.1, -0.05) is 0 Å². The van der Waals surface area contributed by atoms with Crippen LogP contribution in [0.5, 0.6) is 0 Å². The summed E-state index contributed by atoms with van der Waals surface area (Å²) in [4.78, 5) is 10.6. The predicted molar refractivity (Wildman–Crippen MR) is 36.3 cm³/mol. The molecule has 2 aliphatic rings. The Morgan fingerprint density at radius 3 is 2.60 bits per heavy atom. The van der Waals surface area contributed by atoms with Gasteiger partial charge < -0.3 is 5.11 Å². The monoisotopic (exact) mass is 139 g/mol. The summed E-state index contributed by atoms with van der Waals surface area (Å²) in [6, 6.07) is 0. The van der Waals surface area contributed by atoms with E-state index in [9.17, 15) is 4.79 Å². The maximum absolute atomic E-state index is 10.6. The first-order valence-corrected chi connectivity index (χ1v) is 3.85. The highest BCUT2D eigenvalue weighted by molar-refractivity contribution is 5.72. The Bertz CT molecular complexity index is 165. The lowest BCUT2D eigenvalue weighted by atomic mass is 9.89. The highest BCUT2D eigenvalue weighted by Gasteiger charge is 2.43. The molecule has 2 nitrogen and oxygen atoms in total. The Balaban J connectivity index is 2.08. The third kappa shape index (κ3) is 0.746. The van der Waals surface area contributed by atoms with Crippen LogP contribution in [0.1, 0.15) is 19.3 Å². The first kappa shape index (κ1) is 6.20. The highest BCUT2D eigenvalue weighted by Crippen LogP contribution is 2.47. The fourth-order valence-electron chi connectivity index (χ4n) is 2.29. The van der Waals surface area contributed by atoms with Gasteiger partial charge in [0, 0.05) is 0 Å². The number of carbonyl (C=O) groups is 1. The molecule has 2 saturated carbocycles. The van der Waals surface area contributed by atoms with Crippen LogP contribution in [0.15, 0.2) is 0 Å². The molecule has 1 N–H and O–H groups in total. The summed E-state index contributed by atoms with van der Waals surface area (Å²) in [7, 11) is 0. The van der Waals surface area contributed by atoms with Crippen molar-refractivity contribution in [3.63, 3.8) is 0 Å². The van der Waals surface area contributed by atoms with Gasteiger partial charge in [0.15, 0.2) is 0 Å². The number of carboxylic acids is 1. The van der Waals surface area contributed by atoms with Gasteiger partial charge in [-0.05, 0) is 37.5 Å². The maximum Gasteiger partial charge on any atom is 0.307 e. The van der Waals surface area contributed by atoms with Gasteiger partial charge in [0.05, 0.1) is 5.92 Å². The van der Waals surface area contributed by atoms with Crippen molar-refractivity contribution >= 4 is 5.97 Å². The van der Waals surface area contributed by atoms with Crippen molar-refractivity contribution in [2.45, 2.75) is 19.3 Å². The van der Waals surface area contributed by atoms with E-state index in [1.54, 1.807) is 0 Å². The van der Waals surface area contributed by atoms with Crippen molar-refractivity contribution in [1.29, 1.82) is 0 Å². The molecule has 0 saturated heterocycles. The highest BCUT2D eigenvalue weighted by atomic mass is 16.4. The van der Waals surface area contributed by atoms with E-state index in [0.29, 0.717) is 11.8 Å². The van der Waals surface area contributed by atoms with Crippen LogP contribution in [0, 0.1) is 24.2 Å². The summed E-state index contributed by atoms with van der Waals surface area (Å²) < 4.78 is 0. The third-order valence-corrected chi connectivity index (χ3v) is 2.79. The molecule has 2 rings (SSSR count). The van der Waals surface area contributed by atoms with Crippen LogP contribution in [0.2, 0.25) is 0 Å². The number of hydrogen-bond donors (Lipinski definition) is 1. The molecule has 0 amide bonds. The van der Waals surface area contributed by atoms with Gasteiger partial charge in [0.25, 0.3) is 0 Å². The molecule has 0 aromatic heterocycles. The summed E-state index contributed by atoms with van der Waals surface area (Å²) in [5.74, 6) is 0.375. The van der Waals surface area contributed by atoms with Gasteiger partial charge >= 0.3 is 5.97 Å². The number of rotatable bonds is 1. The van der Waals surface area contributed by atoms with Crippen molar-refractivity contribution in [3.05, 3.63) is 6.42 Å². The lowest BCUT2D eigenvalue weighted by Gasteiger charge is -2.15. The second-order valence-electron chi connectivity index (χ2n) is 3.39. The van der Waals surface area contributed by atoms with Crippen LogP contribution in [-0.4, -0.2) is 11.1 Å². The second-order valence-corrected chi connectivity index (χ2v) is 3.39. The molecule has 0 spiro atoms. The molecule has 55 valence electrons. The molecule has 1 radical (unpaired) electrons. The zero-order valence-corrected chi connectivity index (χ0v) is 5.79. The fourth-order valence-corrected chi connectivity index (χ4v) is 2.29. The van der Waals surface area contributed by atoms with E-state index in [-0.39, 0.29) is 5.92 Å². The Labute approximate surface area is 60.2 Å². The van der Waals surface area contributed by atoms with Crippen LogP contribution >= 0.6 is 0 Å². The van der Waals surface area contributed by atoms with E-state index in [1.165, 1.54) is 6.42 Å². The zero-order valence-electron chi connectivity index (χ0n) is 5.79. The van der Waals surface area contributed by atoms with Crippen molar-refractivity contribution in [2.75, 3.05) is 0 Å². The molecule has 2 bridgehead atoms. The predicted octanol–water partition coefficient (Wildman–Crippen LogP) is 1.32. The largest absolute Gasteiger partial charge is 0.481 e. The Hall–Kier alpha value is -0.530. The molecule has 2 fully saturated rings. The van der Waals surface area contributed by atoms with Gasteiger partial charge in [-0.15, -0.1) is 0 Å². The molecule has 0 aliphatic heterocycles. The number of fused-ring (bicyclic) bond motifs is 2. The minimum Gasteiger partial charge on any atom is -0.481 e. The average Bonchev–Trinajstić information content (AvgIpc) is 2.44. The minimum absolute atomic E-state index is 0.112. The summed E-state index contributed by atoms with van der Waals surface area (Å²) in [5, 5.41) is 8.70. The zero-order chi connectivity index (χ0) is 7.14. The van der Waals surface area contributed by atoms with Crippen LogP contribution in [-0.2, 0) is 4.79 Å². The molecule has 10 heavy (non-hydrogen) atoms. The Morgan fingerprint density at radius 1 is 1.50 bits per heavy atom. The van der Waals surface area contributed by atoms with Crippen molar-refractivity contribution in [1.82, 2.24) is 0 Å². The lowest BCUT2D eigenvalue weighted by Crippen LogP contribution is -2.20. The van der Waals surface area contributed by atoms with Crippen LogP contribution < -0.4 is 0 Å². The van der Waals surface area contributed by atoms with E-state index < -0.39 is 5.97 Å². The minimum atomic E-state index is -0.618. The van der Waals surface area contributed by atoms with Gasteiger partial charge in [0.1, 0.15) is 0 Å². The molecule has 0 heterocycles. The molecule has 0 aromatic carbocycles. The molecular formula is C8H11O2. The quantitative estimate of drug-likeness (QED) is 0.595. The number of carboxylic acid groups (broad SMARTS) is 1. The van der Waals surface area contributed by atoms with Crippen LogP contribution in [0.25, 0.3) is 0 Å². The summed E-state index contributed by atoms with van der Waals surface area (Å²) in [5.41, 5.74) is 0. The Kier molecular flexibility index (Phi) is 1.22. The normalized spacial score (nSPS) is 44.2. The molecule has 2 heteroatoms. The Morgan fingerprint density at radius 2 is 2.30 bits per heavy atom. The lowest BCUT2D eigenvalue weighted by molar-refractivity contribution is -0.141.